The van der Waals surface area contributed by atoms with Crippen molar-refractivity contribution in [2.45, 2.75) is 31.7 Å². The van der Waals surface area contributed by atoms with Crippen LogP contribution in [0.4, 0.5) is 0 Å². The molecule has 1 heterocycles. The molecule has 1 saturated carbocycles. The van der Waals surface area contributed by atoms with E-state index in [2.05, 4.69) is 10.2 Å². The summed E-state index contributed by atoms with van der Waals surface area (Å²) in [4.78, 5) is 28.5. The summed E-state index contributed by atoms with van der Waals surface area (Å²) in [5, 5.41) is 3.75. The van der Waals surface area contributed by atoms with Crippen molar-refractivity contribution in [3.8, 4) is 0 Å². The summed E-state index contributed by atoms with van der Waals surface area (Å²) in [6, 6.07) is 7.35. The molecule has 0 atom stereocenters. The van der Waals surface area contributed by atoms with Gasteiger partial charge in [0.05, 0.1) is 6.54 Å². The van der Waals surface area contributed by atoms with Gasteiger partial charge in [0, 0.05) is 42.8 Å². The maximum atomic E-state index is 12.5. The molecule has 2 aliphatic rings. The Balaban J connectivity index is 1.44. The summed E-state index contributed by atoms with van der Waals surface area (Å²) >= 11 is 5.86. The minimum absolute atomic E-state index is 0.0294. The number of piperazine rings is 1. The number of hydrogen-bond acceptors (Lipinski definition) is 3. The Hall–Kier alpha value is -1.59. The van der Waals surface area contributed by atoms with Crippen LogP contribution < -0.4 is 5.32 Å². The SMILES string of the molecule is O=C(CN1CCN(C(=O)c2ccc(Cl)cc2)CC1)NC1CCCC1. The Morgan fingerprint density at radius 2 is 1.67 bits per heavy atom. The molecule has 130 valence electrons. The Kier molecular flexibility index (Phi) is 5.74. The van der Waals surface area contributed by atoms with Gasteiger partial charge in [0.25, 0.3) is 5.91 Å². The van der Waals surface area contributed by atoms with E-state index in [0.717, 1.165) is 25.9 Å². The molecule has 1 aliphatic carbocycles. The lowest BCUT2D eigenvalue weighted by Gasteiger charge is -2.34. The number of rotatable bonds is 4. The summed E-state index contributed by atoms with van der Waals surface area (Å²) in [6.45, 7) is 3.20. The van der Waals surface area contributed by atoms with Crippen molar-refractivity contribution in [3.63, 3.8) is 0 Å². The number of nitrogens with zero attached hydrogens (tertiary/aromatic N) is 2. The third kappa shape index (κ3) is 4.48. The van der Waals surface area contributed by atoms with Gasteiger partial charge in [0.2, 0.25) is 5.91 Å². The van der Waals surface area contributed by atoms with Crippen LogP contribution in [0.15, 0.2) is 24.3 Å². The monoisotopic (exact) mass is 349 g/mol. The fourth-order valence-corrected chi connectivity index (χ4v) is 3.56. The first-order valence-corrected chi connectivity index (χ1v) is 9.06. The molecular weight excluding hydrogens is 326 g/mol. The molecule has 6 heteroatoms. The van der Waals surface area contributed by atoms with Crippen molar-refractivity contribution in [1.82, 2.24) is 15.1 Å². The van der Waals surface area contributed by atoms with Crippen LogP contribution in [0.3, 0.4) is 0 Å². The second kappa shape index (κ2) is 7.99. The lowest BCUT2D eigenvalue weighted by atomic mass is 10.2. The van der Waals surface area contributed by atoms with E-state index in [1.807, 2.05) is 4.90 Å². The van der Waals surface area contributed by atoms with Gasteiger partial charge in [-0.2, -0.15) is 0 Å². The molecule has 5 nitrogen and oxygen atoms in total. The smallest absolute Gasteiger partial charge is 0.253 e. The molecule has 1 saturated heterocycles. The molecule has 1 aromatic carbocycles. The minimum atomic E-state index is 0.0294. The second-order valence-electron chi connectivity index (χ2n) is 6.62. The molecule has 0 spiro atoms. The lowest BCUT2D eigenvalue weighted by Crippen LogP contribution is -2.51. The lowest BCUT2D eigenvalue weighted by molar-refractivity contribution is -0.123. The summed E-state index contributed by atoms with van der Waals surface area (Å²) in [5.74, 6) is 0.140. The first kappa shape index (κ1) is 17.2. The third-order valence-electron chi connectivity index (χ3n) is 4.84. The van der Waals surface area contributed by atoms with E-state index in [4.69, 9.17) is 11.6 Å². The Labute approximate surface area is 147 Å². The summed E-state index contributed by atoms with van der Waals surface area (Å²) in [6.07, 6.45) is 4.65. The van der Waals surface area contributed by atoms with E-state index >= 15 is 0 Å². The molecule has 24 heavy (non-hydrogen) atoms. The zero-order chi connectivity index (χ0) is 16.9. The van der Waals surface area contributed by atoms with E-state index < -0.39 is 0 Å². The van der Waals surface area contributed by atoms with E-state index in [-0.39, 0.29) is 11.8 Å². The van der Waals surface area contributed by atoms with Crippen LogP contribution in [0.25, 0.3) is 0 Å². The molecule has 1 aliphatic heterocycles. The zero-order valence-electron chi connectivity index (χ0n) is 13.8. The van der Waals surface area contributed by atoms with E-state index in [9.17, 15) is 9.59 Å². The highest BCUT2D eigenvalue weighted by molar-refractivity contribution is 6.30. The van der Waals surface area contributed by atoms with Crippen LogP contribution in [-0.4, -0.2) is 60.4 Å². The Morgan fingerprint density at radius 3 is 2.29 bits per heavy atom. The van der Waals surface area contributed by atoms with Crippen molar-refractivity contribution in [2.75, 3.05) is 32.7 Å². The van der Waals surface area contributed by atoms with Crippen molar-refractivity contribution < 1.29 is 9.59 Å². The number of benzene rings is 1. The van der Waals surface area contributed by atoms with Gasteiger partial charge < -0.3 is 10.2 Å². The van der Waals surface area contributed by atoms with Crippen molar-refractivity contribution >= 4 is 23.4 Å². The highest BCUT2D eigenvalue weighted by Gasteiger charge is 2.24. The number of nitrogens with one attached hydrogen (secondary N) is 1. The quantitative estimate of drug-likeness (QED) is 0.906. The molecule has 0 bridgehead atoms. The largest absolute Gasteiger partial charge is 0.352 e. The molecule has 2 fully saturated rings. The first-order valence-electron chi connectivity index (χ1n) is 8.68. The van der Waals surface area contributed by atoms with Gasteiger partial charge in [-0.3, -0.25) is 14.5 Å². The van der Waals surface area contributed by atoms with Gasteiger partial charge in [-0.25, -0.2) is 0 Å². The Bertz CT molecular complexity index is 576. The van der Waals surface area contributed by atoms with Crippen LogP contribution in [0.1, 0.15) is 36.0 Å². The van der Waals surface area contributed by atoms with Gasteiger partial charge in [0.15, 0.2) is 0 Å². The first-order chi connectivity index (χ1) is 11.6. The number of halogens is 1. The standard InChI is InChI=1S/C18H24ClN3O2/c19-15-7-5-14(6-8-15)18(24)22-11-9-21(10-12-22)13-17(23)20-16-3-1-2-4-16/h5-8,16H,1-4,9-13H2,(H,20,23). The average molecular weight is 350 g/mol. The molecule has 1 aromatic rings. The van der Waals surface area contributed by atoms with Gasteiger partial charge in [0.1, 0.15) is 0 Å². The van der Waals surface area contributed by atoms with Crippen molar-refractivity contribution in [3.05, 3.63) is 34.9 Å². The predicted molar refractivity (Wildman–Crippen MR) is 94.2 cm³/mol. The van der Waals surface area contributed by atoms with E-state index in [1.165, 1.54) is 12.8 Å². The molecule has 3 rings (SSSR count). The molecule has 0 radical (unpaired) electrons. The maximum absolute atomic E-state index is 12.5. The van der Waals surface area contributed by atoms with Gasteiger partial charge in [-0.15, -0.1) is 0 Å². The molecular formula is C18H24ClN3O2. The van der Waals surface area contributed by atoms with Crippen LogP contribution in [0, 0.1) is 0 Å². The fourth-order valence-electron chi connectivity index (χ4n) is 3.43. The number of hydrogen-bond donors (Lipinski definition) is 1. The van der Waals surface area contributed by atoms with Crippen LogP contribution in [0.5, 0.6) is 0 Å². The zero-order valence-corrected chi connectivity index (χ0v) is 14.6. The van der Waals surface area contributed by atoms with Crippen molar-refractivity contribution in [2.24, 2.45) is 0 Å². The van der Waals surface area contributed by atoms with Crippen LogP contribution in [0.2, 0.25) is 5.02 Å². The summed E-state index contributed by atoms with van der Waals surface area (Å²) < 4.78 is 0. The highest BCUT2D eigenvalue weighted by atomic mass is 35.5. The summed E-state index contributed by atoms with van der Waals surface area (Å²) in [7, 11) is 0. The third-order valence-corrected chi connectivity index (χ3v) is 5.09. The number of carbonyl (C=O) groups excluding carboxylic acids is 2. The number of amides is 2. The normalized spacial score (nSPS) is 19.5. The molecule has 1 N–H and O–H groups in total. The highest BCUT2D eigenvalue weighted by Crippen LogP contribution is 2.17. The number of carbonyl (C=O) groups is 2. The van der Waals surface area contributed by atoms with Crippen LogP contribution in [-0.2, 0) is 4.79 Å². The van der Waals surface area contributed by atoms with Crippen molar-refractivity contribution in [1.29, 1.82) is 0 Å². The minimum Gasteiger partial charge on any atom is -0.352 e. The predicted octanol–water partition coefficient (Wildman–Crippen LogP) is 2.16. The van der Waals surface area contributed by atoms with Gasteiger partial charge in [-0.1, -0.05) is 24.4 Å². The molecule has 0 aromatic heterocycles. The summed E-state index contributed by atoms with van der Waals surface area (Å²) in [5.41, 5.74) is 0.659. The molecule has 0 unspecified atom stereocenters. The van der Waals surface area contributed by atoms with Gasteiger partial charge >= 0.3 is 0 Å². The van der Waals surface area contributed by atoms with Crippen LogP contribution >= 0.6 is 11.6 Å². The van der Waals surface area contributed by atoms with E-state index in [0.29, 0.717) is 36.3 Å². The topological polar surface area (TPSA) is 52.7 Å². The maximum Gasteiger partial charge on any atom is 0.253 e. The fraction of sp³-hybridized carbons (Fsp3) is 0.556. The van der Waals surface area contributed by atoms with Gasteiger partial charge in [-0.05, 0) is 37.1 Å². The van der Waals surface area contributed by atoms with E-state index in [1.54, 1.807) is 24.3 Å². The Morgan fingerprint density at radius 1 is 1.04 bits per heavy atom. The average Bonchev–Trinajstić information content (AvgIpc) is 3.08. The second-order valence-corrected chi connectivity index (χ2v) is 7.06. The molecule has 2 amide bonds.